The van der Waals surface area contributed by atoms with Gasteiger partial charge in [-0.2, -0.15) is 9.13 Å². The lowest BCUT2D eigenvalue weighted by atomic mass is 9.77. The van der Waals surface area contributed by atoms with Crippen LogP contribution >= 0.6 is 11.3 Å². The summed E-state index contributed by atoms with van der Waals surface area (Å²) in [7, 11) is 0. The summed E-state index contributed by atoms with van der Waals surface area (Å²) in [5.74, 6) is 0.355. The number of benzene rings is 3. The molecule has 0 amide bonds. The molecule has 47 heavy (non-hydrogen) atoms. The van der Waals surface area contributed by atoms with Crippen molar-refractivity contribution in [2.45, 2.75) is 71.3 Å². The number of nitrogens with zero attached hydrogens (tertiary/aromatic N) is 2. The molecule has 2 aliphatic heterocycles. The minimum absolute atomic E-state index is 0.00805. The minimum atomic E-state index is -0.00805. The quantitative estimate of drug-likeness (QED) is 0.152. The molecule has 2 atom stereocenters. The Hall–Kier alpha value is -4.54. The number of pyridine rings is 2. The van der Waals surface area contributed by atoms with Crippen LogP contribution in [0.3, 0.4) is 0 Å². The van der Waals surface area contributed by atoms with Gasteiger partial charge in [0.1, 0.15) is 5.58 Å². The zero-order valence-corrected chi connectivity index (χ0v) is 28.7. The number of rotatable bonds is 0. The van der Waals surface area contributed by atoms with E-state index >= 15 is 0 Å². The number of fused-ring (bicyclic) bond motifs is 15. The molecular weight excluding hydrogens is 593 g/mol. The lowest BCUT2D eigenvalue weighted by molar-refractivity contribution is -0.720. The fourth-order valence-corrected chi connectivity index (χ4v) is 9.63. The van der Waals surface area contributed by atoms with Crippen LogP contribution in [-0.2, 0) is 11.8 Å². The summed E-state index contributed by atoms with van der Waals surface area (Å²) >= 11 is 1.83. The summed E-state index contributed by atoms with van der Waals surface area (Å²) in [6, 6.07) is 29.8. The van der Waals surface area contributed by atoms with Crippen molar-refractivity contribution in [3.63, 3.8) is 0 Å². The van der Waals surface area contributed by atoms with E-state index in [2.05, 4.69) is 135 Å². The summed E-state index contributed by atoms with van der Waals surface area (Å²) in [5, 5.41) is 3.63. The molecule has 0 saturated heterocycles. The maximum atomic E-state index is 7.07. The topological polar surface area (TPSA) is 20.9 Å². The highest BCUT2D eigenvalue weighted by Crippen LogP contribution is 2.47. The number of allylic oxidation sites excluding steroid dienone is 1. The third-order valence-electron chi connectivity index (χ3n) is 10.7. The maximum Gasteiger partial charge on any atom is 0.222 e. The van der Waals surface area contributed by atoms with E-state index in [1.165, 1.54) is 70.5 Å². The molecule has 0 aliphatic carbocycles. The highest BCUT2D eigenvalue weighted by Gasteiger charge is 2.43. The van der Waals surface area contributed by atoms with Gasteiger partial charge in [0.05, 0.1) is 16.7 Å². The second-order valence-corrected chi connectivity index (χ2v) is 16.0. The number of hydrogen-bond donors (Lipinski definition) is 0. The van der Waals surface area contributed by atoms with Crippen LogP contribution in [0.1, 0.15) is 72.7 Å². The molecule has 3 nitrogen and oxygen atoms in total. The highest BCUT2D eigenvalue weighted by molar-refractivity contribution is 7.19. The molecule has 4 aromatic heterocycles. The Balaban J connectivity index is 1.34. The van der Waals surface area contributed by atoms with Crippen molar-refractivity contribution in [3.8, 4) is 22.5 Å². The number of aryl methyl sites for hydroxylation is 3. The van der Waals surface area contributed by atoms with Crippen LogP contribution in [0, 0.1) is 13.8 Å². The van der Waals surface area contributed by atoms with Gasteiger partial charge in [-0.15, -0.1) is 11.3 Å². The molecule has 0 saturated carbocycles. The molecule has 7 aromatic rings. The molecule has 3 aromatic carbocycles. The Morgan fingerprint density at radius 3 is 2.51 bits per heavy atom. The molecule has 2 unspecified atom stereocenters. The Bertz CT molecular complexity index is 2440. The zero-order chi connectivity index (χ0) is 32.2. The van der Waals surface area contributed by atoms with E-state index in [1.807, 2.05) is 11.3 Å². The number of thiophene rings is 1. The van der Waals surface area contributed by atoms with Crippen molar-refractivity contribution in [2.24, 2.45) is 0 Å². The molecule has 232 valence electrons. The average Bonchev–Trinajstić information content (AvgIpc) is 3.63. The lowest BCUT2D eigenvalue weighted by Crippen LogP contribution is -2.49. The summed E-state index contributed by atoms with van der Waals surface area (Å²) in [4.78, 5) is 1.31. The van der Waals surface area contributed by atoms with Crippen molar-refractivity contribution in [1.82, 2.24) is 0 Å². The van der Waals surface area contributed by atoms with Crippen LogP contribution in [0.5, 0.6) is 0 Å². The molecule has 4 heteroatoms. The van der Waals surface area contributed by atoms with E-state index in [9.17, 15) is 0 Å². The van der Waals surface area contributed by atoms with Crippen molar-refractivity contribution in [3.05, 3.63) is 125 Å². The molecule has 6 heterocycles. The fraction of sp³-hybridized carbons (Fsp3) is 0.256. The van der Waals surface area contributed by atoms with Gasteiger partial charge in [0.15, 0.2) is 29.7 Å². The van der Waals surface area contributed by atoms with Crippen molar-refractivity contribution in [1.29, 1.82) is 0 Å². The largest absolute Gasteiger partial charge is 0.454 e. The molecule has 0 spiro atoms. The van der Waals surface area contributed by atoms with E-state index < -0.39 is 0 Å². The van der Waals surface area contributed by atoms with E-state index in [4.69, 9.17) is 11.0 Å². The first-order valence-corrected chi connectivity index (χ1v) is 17.7. The molecule has 0 radical (unpaired) electrons. The normalized spacial score (nSPS) is 17.7. The zero-order valence-electron chi connectivity index (χ0n) is 27.9. The second kappa shape index (κ2) is 10.2. The second-order valence-electron chi connectivity index (χ2n) is 14.7. The Morgan fingerprint density at radius 2 is 1.66 bits per heavy atom. The van der Waals surface area contributed by atoms with E-state index in [1.54, 1.807) is 0 Å². The smallest absolute Gasteiger partial charge is 0.222 e. The van der Waals surface area contributed by atoms with Gasteiger partial charge in [-0.3, -0.25) is 0 Å². The molecule has 0 N–H and O–H groups in total. The Labute approximate surface area is 280 Å². The van der Waals surface area contributed by atoms with Gasteiger partial charge >= 0.3 is 0 Å². The van der Waals surface area contributed by atoms with Gasteiger partial charge < -0.3 is 4.42 Å². The number of furan rings is 1. The minimum Gasteiger partial charge on any atom is -0.454 e. The van der Waals surface area contributed by atoms with Crippen molar-refractivity contribution < 1.29 is 13.6 Å². The van der Waals surface area contributed by atoms with E-state index in [0.29, 0.717) is 5.92 Å². The third kappa shape index (κ3) is 4.30. The molecule has 0 bridgehead atoms. The first-order valence-electron chi connectivity index (χ1n) is 16.9. The van der Waals surface area contributed by atoms with Gasteiger partial charge in [0.25, 0.3) is 0 Å². The first-order chi connectivity index (χ1) is 22.7. The maximum absolute atomic E-state index is 7.07. The third-order valence-corrected chi connectivity index (χ3v) is 11.8. The van der Waals surface area contributed by atoms with Gasteiger partial charge in [0.2, 0.25) is 11.4 Å². The predicted molar refractivity (Wildman–Crippen MR) is 195 cm³/mol. The SMILES string of the molecule is C=C1CC2C(CCc3ccc4c(oc5c4ccc4cc(C)sc45)c3-c3cc(C(C)(C)C)c(C)c[n+]31)c1ccccc1-c1cccc[n+]12. The molecular formula is C43H40N2OS+2. The van der Waals surface area contributed by atoms with Crippen LogP contribution < -0.4 is 9.13 Å². The van der Waals surface area contributed by atoms with Crippen molar-refractivity contribution in [2.75, 3.05) is 0 Å². The van der Waals surface area contributed by atoms with Crippen molar-refractivity contribution >= 4 is 49.1 Å². The standard InChI is InChI=1S/C43H40N2OS/c1-25-24-45-26(2)21-37-32(30-11-7-8-12-31(30)36-13-9-10-20-44(36)37)17-14-28-15-18-33-34-19-16-29-22-27(3)47-42(29)41(34)46-40(33)39(28)38(45)23-35(25)43(4,5)6/h7-13,15-16,18-20,22-24,32,37H,2,14,17,21H2,1,3-6H3/q+2. The van der Waals surface area contributed by atoms with Gasteiger partial charge in [-0.25, -0.2) is 0 Å². The van der Waals surface area contributed by atoms with Crippen LogP contribution in [0.2, 0.25) is 0 Å². The molecule has 2 aliphatic rings. The summed E-state index contributed by atoms with van der Waals surface area (Å²) in [5.41, 5.74) is 13.5. The van der Waals surface area contributed by atoms with Gasteiger partial charge in [0, 0.05) is 50.9 Å². The van der Waals surface area contributed by atoms with E-state index in [0.717, 1.165) is 36.1 Å². The Morgan fingerprint density at radius 1 is 0.872 bits per heavy atom. The van der Waals surface area contributed by atoms with Crippen LogP contribution in [0.25, 0.3) is 60.2 Å². The van der Waals surface area contributed by atoms with Crippen LogP contribution in [-0.4, -0.2) is 0 Å². The summed E-state index contributed by atoms with van der Waals surface area (Å²) in [6.07, 6.45) is 7.47. The number of aromatic nitrogens is 2. The fourth-order valence-electron chi connectivity index (χ4n) is 8.64. The van der Waals surface area contributed by atoms with Crippen LogP contribution in [0.4, 0.5) is 0 Å². The molecule has 9 rings (SSSR count). The molecule has 0 fully saturated rings. The van der Waals surface area contributed by atoms with E-state index in [-0.39, 0.29) is 11.5 Å². The highest BCUT2D eigenvalue weighted by atomic mass is 32.1. The predicted octanol–water partition coefficient (Wildman–Crippen LogP) is 10.8. The number of hydrogen-bond acceptors (Lipinski definition) is 2. The Kier molecular flexibility index (Phi) is 6.24. The summed E-state index contributed by atoms with van der Waals surface area (Å²) in [6.45, 7) is 16.2. The summed E-state index contributed by atoms with van der Waals surface area (Å²) < 4.78 is 13.2. The van der Waals surface area contributed by atoms with Gasteiger partial charge in [-0.1, -0.05) is 57.2 Å². The monoisotopic (exact) mass is 632 g/mol. The first kappa shape index (κ1) is 28.7. The van der Waals surface area contributed by atoms with Crippen LogP contribution in [0.15, 0.2) is 102 Å². The lowest BCUT2D eigenvalue weighted by Gasteiger charge is -2.31. The average molecular weight is 633 g/mol. The van der Waals surface area contributed by atoms with Gasteiger partial charge in [-0.05, 0) is 85.0 Å².